The zero-order chi connectivity index (χ0) is 36.4. The molecule has 1 atom stereocenters. The number of aromatic nitrogens is 2. The van der Waals surface area contributed by atoms with Gasteiger partial charge >= 0.3 is 0 Å². The maximum Gasteiger partial charge on any atom is 0.272 e. The summed E-state index contributed by atoms with van der Waals surface area (Å²) in [5.74, 6) is 0.358. The summed E-state index contributed by atoms with van der Waals surface area (Å²) in [4.78, 5) is 60.3. The summed E-state index contributed by atoms with van der Waals surface area (Å²) in [6.45, 7) is 2.56. The standard InChI is InChI=1S/C39H43N7O6/c1-43-23-26(18-33(43)39(50)45-14-4-5-15-45)25-10-12-27(13-11-25)42-37(48)32-19-28(24-44(32)2)41-36(47)9-7-17-52-35-21-31-30(20-34(35)51-3)38(49)46-16-6-8-29(46)22-40-31/h10-13,18-24,29H,4-9,14-17H2,1-3H3,(H,41,47)(H,42,48)/t29-/m0/s1. The smallest absolute Gasteiger partial charge is 0.272 e. The zero-order valence-corrected chi connectivity index (χ0v) is 29.7. The number of benzene rings is 2. The van der Waals surface area contributed by atoms with Crippen molar-refractivity contribution in [2.45, 2.75) is 44.6 Å². The van der Waals surface area contributed by atoms with Crippen molar-refractivity contribution in [1.82, 2.24) is 18.9 Å². The largest absolute Gasteiger partial charge is 0.493 e. The van der Waals surface area contributed by atoms with Crippen molar-refractivity contribution in [3.63, 3.8) is 0 Å². The summed E-state index contributed by atoms with van der Waals surface area (Å²) in [5, 5.41) is 5.79. The van der Waals surface area contributed by atoms with Crippen LogP contribution in [0, 0.1) is 0 Å². The fourth-order valence-corrected chi connectivity index (χ4v) is 7.08. The molecule has 13 nitrogen and oxygen atoms in total. The van der Waals surface area contributed by atoms with Crippen LogP contribution in [0.5, 0.6) is 11.5 Å². The van der Waals surface area contributed by atoms with Gasteiger partial charge in [-0.25, -0.2) is 0 Å². The van der Waals surface area contributed by atoms with Gasteiger partial charge in [-0.3, -0.25) is 24.2 Å². The SMILES string of the molecule is COc1cc2c(cc1OCCCC(=O)Nc1cc(C(=O)Nc3ccc(-c4cc(C(=O)N5CCCC5)n(C)c4)cc3)n(C)c1)N=C[C@@H]1CCCN1C2=O. The predicted molar refractivity (Wildman–Crippen MR) is 198 cm³/mol. The number of nitrogens with zero attached hydrogens (tertiary/aromatic N) is 5. The van der Waals surface area contributed by atoms with Crippen molar-refractivity contribution in [1.29, 1.82) is 0 Å². The minimum absolute atomic E-state index is 0.00962. The Morgan fingerprint density at radius 3 is 2.38 bits per heavy atom. The van der Waals surface area contributed by atoms with Crippen LogP contribution >= 0.6 is 0 Å². The number of rotatable bonds is 11. The molecule has 0 spiro atoms. The third-order valence-electron chi connectivity index (χ3n) is 9.88. The first-order valence-corrected chi connectivity index (χ1v) is 17.7. The monoisotopic (exact) mass is 705 g/mol. The third kappa shape index (κ3) is 7.16. The lowest BCUT2D eigenvalue weighted by molar-refractivity contribution is -0.116. The average Bonchev–Trinajstić information content (AvgIpc) is 3.96. The van der Waals surface area contributed by atoms with Gasteiger partial charge in [-0.2, -0.15) is 0 Å². The van der Waals surface area contributed by atoms with Gasteiger partial charge in [0.1, 0.15) is 11.4 Å². The van der Waals surface area contributed by atoms with E-state index in [9.17, 15) is 19.2 Å². The van der Waals surface area contributed by atoms with Gasteiger partial charge in [-0.05, 0) is 68.0 Å². The number of carbonyl (C=O) groups is 4. The molecule has 270 valence electrons. The van der Waals surface area contributed by atoms with Crippen molar-refractivity contribution in [2.24, 2.45) is 19.1 Å². The van der Waals surface area contributed by atoms with E-state index in [-0.39, 0.29) is 42.7 Å². The minimum atomic E-state index is -0.316. The fourth-order valence-electron chi connectivity index (χ4n) is 7.08. The van der Waals surface area contributed by atoms with Crippen LogP contribution in [0.2, 0.25) is 0 Å². The van der Waals surface area contributed by atoms with Crippen LogP contribution in [0.4, 0.5) is 17.1 Å². The molecule has 2 aromatic carbocycles. The summed E-state index contributed by atoms with van der Waals surface area (Å²) >= 11 is 0. The maximum absolute atomic E-state index is 13.2. The van der Waals surface area contributed by atoms with Crippen molar-refractivity contribution >= 4 is 46.9 Å². The number of hydrogen-bond donors (Lipinski definition) is 2. The van der Waals surface area contributed by atoms with E-state index in [1.807, 2.05) is 64.2 Å². The van der Waals surface area contributed by atoms with Gasteiger partial charge in [-0.1, -0.05) is 12.1 Å². The molecule has 0 saturated carbocycles. The van der Waals surface area contributed by atoms with E-state index >= 15 is 0 Å². The van der Waals surface area contributed by atoms with Gasteiger partial charge in [0.15, 0.2) is 11.5 Å². The Kier molecular flexibility index (Phi) is 9.84. The molecule has 7 rings (SSSR count). The second kappa shape index (κ2) is 14.8. The number of carbonyl (C=O) groups excluding carboxylic acids is 4. The molecule has 0 radical (unpaired) electrons. The van der Waals surface area contributed by atoms with Gasteiger partial charge in [0.05, 0.1) is 36.7 Å². The predicted octanol–water partition coefficient (Wildman–Crippen LogP) is 5.65. The van der Waals surface area contributed by atoms with Gasteiger partial charge in [-0.15, -0.1) is 0 Å². The van der Waals surface area contributed by atoms with Gasteiger partial charge in [0.2, 0.25) is 5.91 Å². The van der Waals surface area contributed by atoms with Crippen molar-refractivity contribution < 1.29 is 28.7 Å². The number of aryl methyl sites for hydroxylation is 2. The number of nitrogens with one attached hydrogen (secondary N) is 2. The summed E-state index contributed by atoms with van der Waals surface area (Å²) in [5.41, 5.74) is 5.06. The molecule has 4 aromatic rings. The highest BCUT2D eigenvalue weighted by molar-refractivity contribution is 6.05. The molecule has 2 saturated heterocycles. The Morgan fingerprint density at radius 2 is 1.62 bits per heavy atom. The van der Waals surface area contributed by atoms with E-state index in [0.717, 1.165) is 49.9 Å². The molecule has 2 N–H and O–H groups in total. The van der Waals surface area contributed by atoms with Crippen molar-refractivity contribution in [3.05, 3.63) is 77.9 Å². The van der Waals surface area contributed by atoms with Crippen LogP contribution in [0.25, 0.3) is 11.1 Å². The lowest BCUT2D eigenvalue weighted by atomic mass is 10.1. The number of hydrogen-bond acceptors (Lipinski definition) is 7. The van der Waals surface area contributed by atoms with Crippen molar-refractivity contribution in [3.8, 4) is 22.6 Å². The first-order chi connectivity index (χ1) is 25.2. The Bertz CT molecular complexity index is 2040. The Morgan fingerprint density at radius 1 is 0.846 bits per heavy atom. The van der Waals surface area contributed by atoms with E-state index in [0.29, 0.717) is 58.5 Å². The molecule has 4 amide bonds. The third-order valence-corrected chi connectivity index (χ3v) is 9.88. The molecular weight excluding hydrogens is 662 g/mol. The Balaban J connectivity index is 0.902. The number of likely N-dealkylation sites (tertiary alicyclic amines) is 1. The number of fused-ring (bicyclic) bond motifs is 2. The van der Waals surface area contributed by atoms with Crippen LogP contribution in [0.3, 0.4) is 0 Å². The highest BCUT2D eigenvalue weighted by Gasteiger charge is 2.32. The second-order valence-corrected chi connectivity index (χ2v) is 13.5. The first-order valence-electron chi connectivity index (χ1n) is 17.7. The highest BCUT2D eigenvalue weighted by Crippen LogP contribution is 2.38. The van der Waals surface area contributed by atoms with E-state index in [1.165, 1.54) is 7.11 Å². The first kappa shape index (κ1) is 34.6. The number of aliphatic imine (C=N–C) groups is 1. The molecule has 2 aromatic heterocycles. The lowest BCUT2D eigenvalue weighted by Gasteiger charge is -2.20. The number of amides is 4. The van der Waals surface area contributed by atoms with Gasteiger partial charge in [0.25, 0.3) is 17.7 Å². The molecule has 13 heteroatoms. The van der Waals surface area contributed by atoms with Crippen LogP contribution in [0.1, 0.15) is 69.9 Å². The maximum atomic E-state index is 13.2. The molecular formula is C39H43N7O6. The zero-order valence-electron chi connectivity index (χ0n) is 29.7. The fraction of sp³-hybridized carbons (Fsp3) is 0.359. The van der Waals surface area contributed by atoms with E-state index in [2.05, 4.69) is 15.6 Å². The Hall–Kier alpha value is -5.85. The number of methoxy groups -OCH3 is 1. The highest BCUT2D eigenvalue weighted by atomic mass is 16.5. The van der Waals surface area contributed by atoms with Gasteiger partial charge in [0, 0.05) is 76.1 Å². The van der Waals surface area contributed by atoms with E-state index in [1.54, 1.807) is 36.0 Å². The van der Waals surface area contributed by atoms with Gasteiger partial charge < -0.3 is 39.0 Å². The lowest BCUT2D eigenvalue weighted by Crippen LogP contribution is -2.35. The minimum Gasteiger partial charge on any atom is -0.493 e. The molecule has 0 aliphatic carbocycles. The second-order valence-electron chi connectivity index (χ2n) is 13.5. The molecule has 5 heterocycles. The Labute approximate surface area is 302 Å². The molecule has 0 bridgehead atoms. The molecule has 3 aliphatic rings. The quantitative estimate of drug-likeness (QED) is 0.194. The van der Waals surface area contributed by atoms with Crippen LogP contribution < -0.4 is 20.1 Å². The summed E-state index contributed by atoms with van der Waals surface area (Å²) in [6.07, 6.45) is 10.0. The summed E-state index contributed by atoms with van der Waals surface area (Å²) < 4.78 is 15.0. The summed E-state index contributed by atoms with van der Waals surface area (Å²) in [6, 6.07) is 14.4. The number of ether oxygens (including phenoxy) is 2. The average molecular weight is 706 g/mol. The van der Waals surface area contributed by atoms with E-state index in [4.69, 9.17) is 9.47 Å². The topological polar surface area (TPSA) is 139 Å². The molecule has 52 heavy (non-hydrogen) atoms. The van der Waals surface area contributed by atoms with Crippen molar-refractivity contribution in [2.75, 3.05) is 44.0 Å². The molecule has 2 fully saturated rings. The normalized spacial score (nSPS) is 16.4. The molecule has 0 unspecified atom stereocenters. The number of anilines is 2. The molecule has 3 aliphatic heterocycles. The van der Waals surface area contributed by atoms with E-state index < -0.39 is 0 Å². The summed E-state index contributed by atoms with van der Waals surface area (Å²) in [7, 11) is 5.15. The van der Waals surface area contributed by atoms with Crippen LogP contribution in [-0.2, 0) is 18.9 Å². The van der Waals surface area contributed by atoms with Crippen LogP contribution in [-0.4, -0.2) is 88.2 Å². The van der Waals surface area contributed by atoms with Crippen LogP contribution in [0.15, 0.2) is 65.9 Å².